The van der Waals surface area contributed by atoms with Crippen molar-refractivity contribution >= 4 is 6.09 Å². The Hall–Kier alpha value is -0.850. The number of unbranched alkanes of at least 4 members (excludes halogenated alkanes) is 1. The van der Waals surface area contributed by atoms with E-state index in [0.29, 0.717) is 19.8 Å². The molecule has 0 bridgehead atoms. The van der Waals surface area contributed by atoms with Crippen LogP contribution in [-0.4, -0.2) is 49.5 Å². The summed E-state index contributed by atoms with van der Waals surface area (Å²) in [5.41, 5.74) is 0. The first-order chi connectivity index (χ1) is 8.98. The van der Waals surface area contributed by atoms with E-state index < -0.39 is 11.9 Å². The van der Waals surface area contributed by atoms with Gasteiger partial charge in [-0.3, -0.25) is 0 Å². The summed E-state index contributed by atoms with van der Waals surface area (Å²) in [7, 11) is 0. The minimum atomic E-state index is -0.625. The van der Waals surface area contributed by atoms with E-state index in [4.69, 9.17) is 14.2 Å². The smallest absolute Gasteiger partial charge is 0.407 e. The zero-order valence-electron chi connectivity index (χ0n) is 12.0. The van der Waals surface area contributed by atoms with Crippen LogP contribution in [0, 0.1) is 5.92 Å². The number of alkyl carbamates (subject to hydrolysis) is 1. The lowest BCUT2D eigenvalue weighted by Gasteiger charge is -2.22. The Morgan fingerprint density at radius 3 is 2.84 bits per heavy atom. The summed E-state index contributed by atoms with van der Waals surface area (Å²) < 4.78 is 16.1. The van der Waals surface area contributed by atoms with Crippen molar-refractivity contribution in [3.8, 4) is 0 Å². The minimum absolute atomic E-state index is 0.0701. The fourth-order valence-electron chi connectivity index (χ4n) is 1.84. The number of aliphatic hydroxyl groups is 1. The molecule has 0 saturated carbocycles. The van der Waals surface area contributed by atoms with Crippen molar-refractivity contribution in [1.29, 1.82) is 0 Å². The van der Waals surface area contributed by atoms with E-state index in [1.165, 1.54) is 0 Å². The number of hydrogen-bond acceptors (Lipinski definition) is 5. The summed E-state index contributed by atoms with van der Waals surface area (Å²) in [4.78, 5) is 11.4. The molecule has 1 aliphatic rings. The molecular weight excluding hydrogens is 250 g/mol. The predicted octanol–water partition coefficient (Wildman–Crippen LogP) is 1.27. The highest BCUT2D eigenvalue weighted by Gasteiger charge is 2.37. The summed E-state index contributed by atoms with van der Waals surface area (Å²) in [5, 5.41) is 12.0. The van der Waals surface area contributed by atoms with E-state index in [1.807, 2.05) is 20.8 Å². The van der Waals surface area contributed by atoms with Gasteiger partial charge in [0.2, 0.25) is 0 Å². The van der Waals surface area contributed by atoms with Gasteiger partial charge in [-0.15, -0.1) is 0 Å². The van der Waals surface area contributed by atoms with Crippen molar-refractivity contribution in [3.63, 3.8) is 0 Å². The van der Waals surface area contributed by atoms with Crippen LogP contribution < -0.4 is 5.32 Å². The summed E-state index contributed by atoms with van der Waals surface area (Å²) in [5.74, 6) is -0.819. The van der Waals surface area contributed by atoms with Gasteiger partial charge in [-0.05, 0) is 20.3 Å². The minimum Gasteiger partial charge on any atom is -0.450 e. The number of carbonyl (C=O) groups excluding carboxylic acids is 1. The Balaban J connectivity index is 2.27. The van der Waals surface area contributed by atoms with Gasteiger partial charge < -0.3 is 24.6 Å². The third-order valence-electron chi connectivity index (χ3n) is 3.03. The fourth-order valence-corrected chi connectivity index (χ4v) is 1.84. The third-order valence-corrected chi connectivity index (χ3v) is 3.03. The van der Waals surface area contributed by atoms with Gasteiger partial charge in [-0.2, -0.15) is 0 Å². The fraction of sp³-hybridized carbons (Fsp3) is 0.923. The average Bonchev–Trinajstić information content (AvgIpc) is 2.71. The molecule has 0 unspecified atom stereocenters. The van der Waals surface area contributed by atoms with Crippen molar-refractivity contribution in [2.24, 2.45) is 5.92 Å². The van der Waals surface area contributed by atoms with Crippen LogP contribution >= 0.6 is 0 Å². The van der Waals surface area contributed by atoms with Crippen molar-refractivity contribution in [2.75, 3.05) is 26.4 Å². The molecule has 1 amide bonds. The van der Waals surface area contributed by atoms with Crippen LogP contribution in [-0.2, 0) is 14.2 Å². The molecule has 0 aromatic rings. The van der Waals surface area contributed by atoms with Crippen molar-refractivity contribution in [2.45, 2.75) is 45.5 Å². The second-order valence-electron chi connectivity index (χ2n) is 5.18. The number of nitrogens with one attached hydrogen (secondary N) is 1. The second kappa shape index (κ2) is 7.67. The molecule has 0 aliphatic carbocycles. The molecule has 19 heavy (non-hydrogen) atoms. The molecule has 2 N–H and O–H groups in total. The Labute approximate surface area is 114 Å². The Morgan fingerprint density at radius 1 is 1.58 bits per heavy atom. The first-order valence-corrected chi connectivity index (χ1v) is 6.81. The normalized spacial score (nSPS) is 23.1. The monoisotopic (exact) mass is 275 g/mol. The molecule has 1 heterocycles. The van der Waals surface area contributed by atoms with Crippen molar-refractivity contribution < 1.29 is 24.1 Å². The molecular formula is C13H25NO5. The summed E-state index contributed by atoms with van der Waals surface area (Å²) >= 11 is 0. The lowest BCUT2D eigenvalue weighted by Crippen LogP contribution is -2.39. The first-order valence-electron chi connectivity index (χ1n) is 6.81. The molecule has 0 aromatic carbocycles. The summed E-state index contributed by atoms with van der Waals surface area (Å²) in [6.07, 6.45) is 1.17. The van der Waals surface area contributed by atoms with E-state index in [-0.39, 0.29) is 18.6 Å². The highest BCUT2D eigenvalue weighted by Crippen LogP contribution is 2.26. The van der Waals surface area contributed by atoms with E-state index in [0.717, 1.165) is 12.8 Å². The molecule has 112 valence electrons. The Bertz CT molecular complexity index is 282. The van der Waals surface area contributed by atoms with E-state index in [1.54, 1.807) is 0 Å². The lowest BCUT2D eigenvalue weighted by atomic mass is 10.0. The van der Waals surface area contributed by atoms with E-state index in [9.17, 15) is 9.90 Å². The maximum atomic E-state index is 11.4. The lowest BCUT2D eigenvalue weighted by molar-refractivity contribution is -0.145. The average molecular weight is 275 g/mol. The quantitative estimate of drug-likeness (QED) is 0.684. The molecule has 6 nitrogen and oxygen atoms in total. The highest BCUT2D eigenvalue weighted by atomic mass is 16.7. The van der Waals surface area contributed by atoms with Gasteiger partial charge in [-0.25, -0.2) is 4.79 Å². The molecule has 1 saturated heterocycles. The second-order valence-corrected chi connectivity index (χ2v) is 5.18. The van der Waals surface area contributed by atoms with Gasteiger partial charge in [0.25, 0.3) is 0 Å². The standard InChI is InChI=1S/C13H25NO5/c1-4-5-6-17-12(16)14-7-10(8-15)11-9-18-13(2,3)19-11/h10-11,15H,4-9H2,1-3H3,(H,14,16)/t10-,11+/m1/s1. The topological polar surface area (TPSA) is 77.0 Å². The van der Waals surface area contributed by atoms with Crippen molar-refractivity contribution in [3.05, 3.63) is 0 Å². The zero-order valence-corrected chi connectivity index (χ0v) is 12.0. The maximum absolute atomic E-state index is 11.4. The van der Waals surface area contributed by atoms with Gasteiger partial charge in [0.1, 0.15) is 0 Å². The molecule has 0 spiro atoms. The summed E-state index contributed by atoms with van der Waals surface area (Å²) in [6.45, 7) is 6.77. The van der Waals surface area contributed by atoms with Crippen LogP contribution in [0.3, 0.4) is 0 Å². The number of aliphatic hydroxyl groups excluding tert-OH is 1. The highest BCUT2D eigenvalue weighted by molar-refractivity contribution is 5.67. The first kappa shape index (κ1) is 16.2. The van der Waals surface area contributed by atoms with Crippen LogP contribution in [0.4, 0.5) is 4.79 Å². The molecule has 0 radical (unpaired) electrons. The van der Waals surface area contributed by atoms with Crippen LogP contribution in [0.25, 0.3) is 0 Å². The number of hydrogen-bond donors (Lipinski definition) is 2. The van der Waals surface area contributed by atoms with E-state index in [2.05, 4.69) is 5.32 Å². The summed E-state index contributed by atoms with van der Waals surface area (Å²) in [6, 6.07) is 0. The van der Waals surface area contributed by atoms with Crippen molar-refractivity contribution in [1.82, 2.24) is 5.32 Å². The molecule has 1 aliphatic heterocycles. The Kier molecular flexibility index (Phi) is 6.54. The predicted molar refractivity (Wildman–Crippen MR) is 69.7 cm³/mol. The van der Waals surface area contributed by atoms with Crippen LogP contribution in [0.2, 0.25) is 0 Å². The van der Waals surface area contributed by atoms with Gasteiger partial charge in [0.15, 0.2) is 5.79 Å². The van der Waals surface area contributed by atoms with Crippen LogP contribution in [0.15, 0.2) is 0 Å². The van der Waals surface area contributed by atoms with Gasteiger partial charge in [-0.1, -0.05) is 13.3 Å². The molecule has 2 atom stereocenters. The van der Waals surface area contributed by atoms with Gasteiger partial charge >= 0.3 is 6.09 Å². The van der Waals surface area contributed by atoms with Gasteiger partial charge in [0.05, 0.1) is 25.9 Å². The molecule has 6 heteroatoms. The van der Waals surface area contributed by atoms with Crippen LogP contribution in [0.1, 0.15) is 33.6 Å². The largest absolute Gasteiger partial charge is 0.450 e. The Morgan fingerprint density at radius 2 is 2.32 bits per heavy atom. The van der Waals surface area contributed by atoms with Crippen LogP contribution in [0.5, 0.6) is 0 Å². The number of rotatable bonds is 7. The number of carbonyl (C=O) groups is 1. The molecule has 1 fully saturated rings. The molecule has 0 aromatic heterocycles. The molecule has 1 rings (SSSR count). The number of ether oxygens (including phenoxy) is 3. The zero-order chi connectivity index (χ0) is 14.3. The SMILES string of the molecule is CCCCOC(=O)NC[C@H](CO)[C@@H]1COC(C)(C)O1. The van der Waals surface area contributed by atoms with E-state index >= 15 is 0 Å². The maximum Gasteiger partial charge on any atom is 0.407 e. The van der Waals surface area contributed by atoms with Gasteiger partial charge in [0, 0.05) is 12.5 Å². The third kappa shape index (κ3) is 5.76. The number of amides is 1.